The normalized spacial score (nSPS) is 26.4. The van der Waals surface area contributed by atoms with Crippen LogP contribution in [0.3, 0.4) is 0 Å². The van der Waals surface area contributed by atoms with Gasteiger partial charge in [0, 0.05) is 6.42 Å². The van der Waals surface area contributed by atoms with E-state index in [4.69, 9.17) is 10.00 Å². The maximum absolute atomic E-state index is 10.3. The van der Waals surface area contributed by atoms with Gasteiger partial charge in [-0.15, -0.1) is 0 Å². The molecule has 1 atom stereocenters. The molecule has 0 aromatic heterocycles. The van der Waals surface area contributed by atoms with Crippen LogP contribution in [0.25, 0.3) is 0 Å². The summed E-state index contributed by atoms with van der Waals surface area (Å²) in [4.78, 5) is 0. The van der Waals surface area contributed by atoms with Gasteiger partial charge >= 0.3 is 0 Å². The average Bonchev–Trinajstić information content (AvgIpc) is 2.18. The van der Waals surface area contributed by atoms with Gasteiger partial charge in [0.15, 0.2) is 0 Å². The van der Waals surface area contributed by atoms with E-state index in [-0.39, 0.29) is 0 Å². The van der Waals surface area contributed by atoms with Crippen molar-refractivity contribution in [3.05, 3.63) is 29.3 Å². The molecule has 3 heteroatoms. The van der Waals surface area contributed by atoms with E-state index in [9.17, 15) is 5.11 Å². The second-order valence-corrected chi connectivity index (χ2v) is 5.00. The predicted octanol–water partition coefficient (Wildman–Crippen LogP) is 2.02. The topological polar surface area (TPSA) is 53.2 Å². The average molecular weight is 217 g/mol. The zero-order valence-electron chi connectivity index (χ0n) is 9.74. The number of nitrogens with zero attached hydrogens (tertiary/aromatic N) is 1. The first-order valence-corrected chi connectivity index (χ1v) is 5.30. The molecule has 1 aromatic rings. The van der Waals surface area contributed by atoms with Gasteiger partial charge in [0.2, 0.25) is 0 Å². The maximum Gasteiger partial charge on any atom is 0.132 e. The van der Waals surface area contributed by atoms with E-state index in [1.54, 1.807) is 25.1 Å². The fourth-order valence-electron chi connectivity index (χ4n) is 1.86. The van der Waals surface area contributed by atoms with E-state index in [0.717, 1.165) is 11.3 Å². The Morgan fingerprint density at radius 2 is 2.06 bits per heavy atom. The lowest BCUT2D eigenvalue weighted by Crippen LogP contribution is -2.55. The van der Waals surface area contributed by atoms with Crippen LogP contribution in [0.4, 0.5) is 0 Å². The minimum atomic E-state index is -0.923. The Kier molecular flexibility index (Phi) is 2.21. The van der Waals surface area contributed by atoms with Gasteiger partial charge in [0.1, 0.15) is 17.0 Å². The van der Waals surface area contributed by atoms with Crippen LogP contribution in [-0.2, 0) is 6.42 Å². The molecule has 0 amide bonds. The van der Waals surface area contributed by atoms with Crippen molar-refractivity contribution < 1.29 is 9.84 Å². The lowest BCUT2D eigenvalue weighted by atomic mass is 9.79. The third-order valence-corrected chi connectivity index (χ3v) is 3.39. The summed E-state index contributed by atoms with van der Waals surface area (Å²) in [5, 5.41) is 19.1. The van der Waals surface area contributed by atoms with Crippen LogP contribution in [-0.4, -0.2) is 16.3 Å². The van der Waals surface area contributed by atoms with Crippen LogP contribution in [0, 0.1) is 11.3 Å². The number of nitriles is 1. The van der Waals surface area contributed by atoms with Crippen LogP contribution >= 0.6 is 0 Å². The van der Waals surface area contributed by atoms with Gasteiger partial charge in [-0.1, -0.05) is 0 Å². The number of hydrogen-bond donors (Lipinski definition) is 1. The van der Waals surface area contributed by atoms with E-state index in [1.165, 1.54) is 0 Å². The van der Waals surface area contributed by atoms with Crippen LogP contribution in [0.15, 0.2) is 18.2 Å². The zero-order chi connectivity index (χ0) is 12.0. The van der Waals surface area contributed by atoms with Crippen LogP contribution < -0.4 is 4.74 Å². The Morgan fingerprint density at radius 1 is 1.38 bits per heavy atom. The highest BCUT2D eigenvalue weighted by molar-refractivity contribution is 5.45. The lowest BCUT2D eigenvalue weighted by Gasteiger charge is -2.44. The van der Waals surface area contributed by atoms with Crippen molar-refractivity contribution >= 4 is 0 Å². The smallest absolute Gasteiger partial charge is 0.132 e. The number of hydrogen-bond acceptors (Lipinski definition) is 3. The fourth-order valence-corrected chi connectivity index (χ4v) is 1.86. The molecule has 0 radical (unpaired) electrons. The first-order valence-electron chi connectivity index (χ1n) is 5.30. The van der Waals surface area contributed by atoms with Gasteiger partial charge in [-0.05, 0) is 44.5 Å². The first kappa shape index (κ1) is 11.0. The quantitative estimate of drug-likeness (QED) is 0.723. The van der Waals surface area contributed by atoms with Crippen LogP contribution in [0.5, 0.6) is 5.75 Å². The molecule has 1 heterocycles. The van der Waals surface area contributed by atoms with Crippen LogP contribution in [0.1, 0.15) is 31.9 Å². The summed E-state index contributed by atoms with van der Waals surface area (Å²) in [6.45, 7) is 5.50. The summed E-state index contributed by atoms with van der Waals surface area (Å²) >= 11 is 0. The molecule has 0 fully saturated rings. The van der Waals surface area contributed by atoms with Gasteiger partial charge in [-0.2, -0.15) is 5.26 Å². The molecule has 1 N–H and O–H groups in total. The Labute approximate surface area is 95.3 Å². The maximum atomic E-state index is 10.3. The molecule has 16 heavy (non-hydrogen) atoms. The van der Waals surface area contributed by atoms with Crippen molar-refractivity contribution in [1.29, 1.82) is 5.26 Å². The minimum Gasteiger partial charge on any atom is -0.485 e. The monoisotopic (exact) mass is 217 g/mol. The highest BCUT2D eigenvalue weighted by Gasteiger charge is 2.45. The SMILES string of the molecule is CC1(O)Cc2cc(C#N)ccc2OC1(C)C. The fraction of sp³-hybridized carbons (Fsp3) is 0.462. The molecule has 0 bridgehead atoms. The molecule has 0 aliphatic carbocycles. The molecule has 84 valence electrons. The van der Waals surface area contributed by atoms with Crippen molar-refractivity contribution in [1.82, 2.24) is 0 Å². The summed E-state index contributed by atoms with van der Waals surface area (Å²) < 4.78 is 5.77. The molecule has 1 aliphatic rings. The molecule has 1 aromatic carbocycles. The molecular weight excluding hydrogens is 202 g/mol. The second-order valence-electron chi connectivity index (χ2n) is 5.00. The molecule has 0 spiro atoms. The summed E-state index contributed by atoms with van der Waals surface area (Å²) in [7, 11) is 0. The molecule has 0 saturated carbocycles. The third-order valence-electron chi connectivity index (χ3n) is 3.39. The lowest BCUT2D eigenvalue weighted by molar-refractivity contribution is -0.115. The van der Waals surface area contributed by atoms with Crippen molar-refractivity contribution in [3.8, 4) is 11.8 Å². The van der Waals surface area contributed by atoms with Crippen LogP contribution in [0.2, 0.25) is 0 Å². The summed E-state index contributed by atoms with van der Waals surface area (Å²) in [5.41, 5.74) is -0.0522. The largest absolute Gasteiger partial charge is 0.485 e. The summed E-state index contributed by atoms with van der Waals surface area (Å²) in [6, 6.07) is 7.39. The van der Waals surface area contributed by atoms with Gasteiger partial charge in [0.25, 0.3) is 0 Å². The van der Waals surface area contributed by atoms with Crippen molar-refractivity contribution in [2.24, 2.45) is 0 Å². The van der Waals surface area contributed by atoms with Gasteiger partial charge in [-0.3, -0.25) is 0 Å². The van der Waals surface area contributed by atoms with Gasteiger partial charge in [-0.25, -0.2) is 0 Å². The molecule has 1 unspecified atom stereocenters. The number of rotatable bonds is 0. The predicted molar refractivity (Wildman–Crippen MR) is 60.2 cm³/mol. The van der Waals surface area contributed by atoms with E-state index >= 15 is 0 Å². The Bertz CT molecular complexity index is 469. The first-order chi connectivity index (χ1) is 7.36. The Hall–Kier alpha value is -1.53. The van der Waals surface area contributed by atoms with E-state index in [0.29, 0.717) is 12.0 Å². The highest BCUT2D eigenvalue weighted by Crippen LogP contribution is 2.39. The molecule has 0 saturated heterocycles. The Morgan fingerprint density at radius 3 is 2.69 bits per heavy atom. The third kappa shape index (κ3) is 1.56. The molecule has 3 nitrogen and oxygen atoms in total. The number of aliphatic hydroxyl groups is 1. The standard InChI is InChI=1S/C13H15NO2/c1-12(2)13(3,15)7-10-6-9(8-14)4-5-11(10)16-12/h4-6,15H,7H2,1-3H3. The summed E-state index contributed by atoms with van der Waals surface area (Å²) in [6.07, 6.45) is 0.505. The summed E-state index contributed by atoms with van der Waals surface area (Å²) in [5.74, 6) is 0.760. The molecule has 2 rings (SSSR count). The van der Waals surface area contributed by atoms with Crippen molar-refractivity contribution in [2.45, 2.75) is 38.4 Å². The molecule has 1 aliphatic heterocycles. The second kappa shape index (κ2) is 3.23. The van der Waals surface area contributed by atoms with E-state index < -0.39 is 11.2 Å². The van der Waals surface area contributed by atoms with Crippen molar-refractivity contribution in [3.63, 3.8) is 0 Å². The highest BCUT2D eigenvalue weighted by atomic mass is 16.5. The molecular formula is C13H15NO2. The number of ether oxygens (including phenoxy) is 1. The number of benzene rings is 1. The van der Waals surface area contributed by atoms with Gasteiger partial charge in [0.05, 0.1) is 11.6 Å². The van der Waals surface area contributed by atoms with E-state index in [1.807, 2.05) is 13.8 Å². The van der Waals surface area contributed by atoms with Gasteiger partial charge < -0.3 is 9.84 Å². The van der Waals surface area contributed by atoms with Crippen molar-refractivity contribution in [2.75, 3.05) is 0 Å². The number of fused-ring (bicyclic) bond motifs is 1. The minimum absolute atomic E-state index is 0.505. The zero-order valence-corrected chi connectivity index (χ0v) is 9.74. The van der Waals surface area contributed by atoms with E-state index in [2.05, 4.69) is 6.07 Å². The Balaban J connectivity index is 2.48.